The number of halogens is 3. The molecule has 1 aromatic carbocycles. The number of nitrogens with one attached hydrogen (secondary N) is 1. The molecule has 1 aromatic rings. The van der Waals surface area contributed by atoms with E-state index in [1.165, 1.54) is 0 Å². The van der Waals surface area contributed by atoms with Crippen molar-refractivity contribution in [2.24, 2.45) is 0 Å². The molecule has 17 heavy (non-hydrogen) atoms. The number of para-hydroxylation sites is 1. The largest absolute Gasteiger partial charge is 0.490 e. The number of amides is 1. The molecule has 0 bridgehead atoms. The molecular weight excluding hydrogens is 243 g/mol. The maximum Gasteiger partial charge on any atom is 0.490 e. The average molecular weight is 251 g/mol. The Hall–Kier alpha value is -2.25. The van der Waals surface area contributed by atoms with Crippen molar-refractivity contribution in [3.63, 3.8) is 0 Å². The van der Waals surface area contributed by atoms with Crippen molar-refractivity contribution in [2.45, 2.75) is 6.18 Å². The lowest BCUT2D eigenvalue weighted by Gasteiger charge is -1.96. The molecule has 3 N–H and O–H groups in total. The van der Waals surface area contributed by atoms with Crippen LogP contribution < -0.4 is 5.32 Å². The number of anilines is 1. The quantitative estimate of drug-likeness (QED) is 0.715. The SMILES string of the molecule is O=C(O)C(F)(F)F.O=C(O)Nc1ccccc1. The second-order valence-corrected chi connectivity index (χ2v) is 2.60. The minimum Gasteiger partial charge on any atom is -0.475 e. The van der Waals surface area contributed by atoms with E-state index in [0.29, 0.717) is 5.69 Å². The molecule has 0 unspecified atom stereocenters. The fourth-order valence-corrected chi connectivity index (χ4v) is 0.645. The Kier molecular flexibility index (Phi) is 5.52. The molecule has 0 aliphatic rings. The van der Waals surface area contributed by atoms with Crippen LogP contribution in [0.4, 0.5) is 23.7 Å². The highest BCUT2D eigenvalue weighted by atomic mass is 19.4. The second-order valence-electron chi connectivity index (χ2n) is 2.60. The molecule has 0 saturated carbocycles. The van der Waals surface area contributed by atoms with Gasteiger partial charge in [0.2, 0.25) is 0 Å². The van der Waals surface area contributed by atoms with Crippen LogP contribution in [0.3, 0.4) is 0 Å². The van der Waals surface area contributed by atoms with E-state index in [1.54, 1.807) is 24.3 Å². The minimum absolute atomic E-state index is 0.593. The molecule has 0 radical (unpaired) electrons. The van der Waals surface area contributed by atoms with Crippen LogP contribution in [0.5, 0.6) is 0 Å². The summed E-state index contributed by atoms with van der Waals surface area (Å²) < 4.78 is 31.7. The first-order valence-electron chi connectivity index (χ1n) is 4.08. The van der Waals surface area contributed by atoms with E-state index in [2.05, 4.69) is 5.32 Å². The molecular formula is C9H8F3NO4. The predicted octanol–water partition coefficient (Wildman–Crippen LogP) is 2.41. The first-order chi connectivity index (χ1) is 7.73. The summed E-state index contributed by atoms with van der Waals surface area (Å²) in [7, 11) is 0. The summed E-state index contributed by atoms with van der Waals surface area (Å²) in [5.74, 6) is -2.76. The lowest BCUT2D eigenvalue weighted by Crippen LogP contribution is -2.21. The molecule has 94 valence electrons. The monoisotopic (exact) mass is 251 g/mol. The molecule has 0 spiro atoms. The third-order valence-electron chi connectivity index (χ3n) is 1.27. The van der Waals surface area contributed by atoms with Crippen molar-refractivity contribution < 1.29 is 33.0 Å². The van der Waals surface area contributed by atoms with Gasteiger partial charge in [0.25, 0.3) is 0 Å². The smallest absolute Gasteiger partial charge is 0.475 e. The zero-order chi connectivity index (χ0) is 13.5. The summed E-state index contributed by atoms with van der Waals surface area (Å²) in [5, 5.41) is 17.6. The highest BCUT2D eigenvalue weighted by molar-refractivity contribution is 5.82. The molecule has 1 rings (SSSR count). The molecule has 0 aromatic heterocycles. The lowest BCUT2D eigenvalue weighted by molar-refractivity contribution is -0.192. The van der Waals surface area contributed by atoms with Gasteiger partial charge >= 0.3 is 18.2 Å². The molecule has 0 atom stereocenters. The average Bonchev–Trinajstić information content (AvgIpc) is 2.17. The third-order valence-corrected chi connectivity index (χ3v) is 1.27. The fourth-order valence-electron chi connectivity index (χ4n) is 0.645. The highest BCUT2D eigenvalue weighted by Crippen LogP contribution is 2.13. The fraction of sp³-hybridized carbons (Fsp3) is 0.111. The minimum atomic E-state index is -5.08. The van der Waals surface area contributed by atoms with Gasteiger partial charge in [-0.05, 0) is 12.1 Å². The first-order valence-corrected chi connectivity index (χ1v) is 4.08. The van der Waals surface area contributed by atoms with Crippen molar-refractivity contribution in [1.29, 1.82) is 0 Å². The summed E-state index contributed by atoms with van der Waals surface area (Å²) in [6, 6.07) is 8.74. The molecule has 0 saturated heterocycles. The number of hydrogen-bond acceptors (Lipinski definition) is 2. The number of carboxylic acids is 1. The summed E-state index contributed by atoms with van der Waals surface area (Å²) >= 11 is 0. The predicted molar refractivity (Wildman–Crippen MR) is 51.8 cm³/mol. The van der Waals surface area contributed by atoms with Gasteiger partial charge in [-0.25, -0.2) is 9.59 Å². The first kappa shape index (κ1) is 14.8. The Morgan fingerprint density at radius 2 is 1.47 bits per heavy atom. The van der Waals surface area contributed by atoms with E-state index in [-0.39, 0.29) is 0 Å². The van der Waals surface area contributed by atoms with Gasteiger partial charge in [-0.15, -0.1) is 0 Å². The number of rotatable bonds is 1. The molecule has 8 heteroatoms. The van der Waals surface area contributed by atoms with Crippen LogP contribution in [0.25, 0.3) is 0 Å². The van der Waals surface area contributed by atoms with Gasteiger partial charge in [0.05, 0.1) is 0 Å². The van der Waals surface area contributed by atoms with Crippen molar-refractivity contribution in [3.8, 4) is 0 Å². The van der Waals surface area contributed by atoms with Gasteiger partial charge in [0.1, 0.15) is 0 Å². The molecule has 0 heterocycles. The van der Waals surface area contributed by atoms with Crippen molar-refractivity contribution in [1.82, 2.24) is 0 Å². The number of carboxylic acid groups (broad SMARTS) is 2. The van der Waals surface area contributed by atoms with Gasteiger partial charge in [-0.2, -0.15) is 13.2 Å². The van der Waals surface area contributed by atoms with Crippen molar-refractivity contribution >= 4 is 17.7 Å². The van der Waals surface area contributed by atoms with Crippen LogP contribution in [-0.2, 0) is 4.79 Å². The van der Waals surface area contributed by atoms with Crippen molar-refractivity contribution in [3.05, 3.63) is 30.3 Å². The van der Waals surface area contributed by atoms with E-state index < -0.39 is 18.2 Å². The van der Waals surface area contributed by atoms with E-state index in [4.69, 9.17) is 15.0 Å². The molecule has 0 fully saturated rings. The Balaban J connectivity index is 0.000000325. The van der Waals surface area contributed by atoms with Gasteiger partial charge in [0, 0.05) is 5.69 Å². The number of benzene rings is 1. The Bertz CT molecular complexity index is 378. The Labute approximate surface area is 93.5 Å². The van der Waals surface area contributed by atoms with Crippen molar-refractivity contribution in [2.75, 3.05) is 5.32 Å². The zero-order valence-corrected chi connectivity index (χ0v) is 8.23. The topological polar surface area (TPSA) is 86.6 Å². The zero-order valence-electron chi connectivity index (χ0n) is 8.23. The molecule has 0 aliphatic carbocycles. The number of carbonyl (C=O) groups is 2. The normalized spacial score (nSPS) is 9.82. The van der Waals surface area contributed by atoms with Gasteiger partial charge < -0.3 is 10.2 Å². The third kappa shape index (κ3) is 7.65. The summed E-state index contributed by atoms with van der Waals surface area (Å²) in [6.07, 6.45) is -6.12. The van der Waals surface area contributed by atoms with Gasteiger partial charge in [0.15, 0.2) is 0 Å². The number of aliphatic carboxylic acids is 1. The Morgan fingerprint density at radius 3 is 1.76 bits per heavy atom. The lowest BCUT2D eigenvalue weighted by atomic mass is 10.3. The summed E-state index contributed by atoms with van der Waals surface area (Å²) in [5.41, 5.74) is 0.593. The number of hydrogen-bond donors (Lipinski definition) is 3. The van der Waals surface area contributed by atoms with E-state index in [0.717, 1.165) is 0 Å². The van der Waals surface area contributed by atoms with Gasteiger partial charge in [-0.1, -0.05) is 18.2 Å². The molecule has 0 aliphatic heterocycles. The van der Waals surface area contributed by atoms with Crippen LogP contribution in [0.2, 0.25) is 0 Å². The second kappa shape index (κ2) is 6.36. The molecule has 5 nitrogen and oxygen atoms in total. The molecule has 1 amide bonds. The van der Waals surface area contributed by atoms with Crippen LogP contribution >= 0.6 is 0 Å². The van der Waals surface area contributed by atoms with Gasteiger partial charge in [-0.3, -0.25) is 5.32 Å². The van der Waals surface area contributed by atoms with E-state index in [9.17, 15) is 18.0 Å². The maximum atomic E-state index is 10.6. The maximum absolute atomic E-state index is 10.6. The number of alkyl halides is 3. The summed E-state index contributed by atoms with van der Waals surface area (Å²) in [4.78, 5) is 19.0. The van der Waals surface area contributed by atoms with Crippen LogP contribution in [0, 0.1) is 0 Å². The van der Waals surface area contributed by atoms with Crippen LogP contribution in [-0.4, -0.2) is 28.5 Å². The van der Waals surface area contributed by atoms with E-state index in [1.807, 2.05) is 6.07 Å². The van der Waals surface area contributed by atoms with Crippen LogP contribution in [0.15, 0.2) is 30.3 Å². The van der Waals surface area contributed by atoms with E-state index >= 15 is 0 Å². The van der Waals surface area contributed by atoms with Crippen LogP contribution in [0.1, 0.15) is 0 Å². The summed E-state index contributed by atoms with van der Waals surface area (Å²) in [6.45, 7) is 0. The Morgan fingerprint density at radius 1 is 1.06 bits per heavy atom. The highest BCUT2D eigenvalue weighted by Gasteiger charge is 2.38. The standard InChI is InChI=1S/C7H7NO2.C2HF3O2/c9-7(10)8-6-4-2-1-3-5-6;3-2(4,5)1(6)7/h1-5,8H,(H,9,10);(H,6,7).